The Bertz CT molecular complexity index is 378. The fourth-order valence-corrected chi connectivity index (χ4v) is 3.29. The smallest absolute Gasteiger partial charge is 0.0596 e. The second kappa shape index (κ2) is 9.99. The molecule has 3 heteroatoms. The van der Waals surface area contributed by atoms with Gasteiger partial charge in [0.1, 0.15) is 0 Å². The lowest BCUT2D eigenvalue weighted by atomic mass is 9.87. The van der Waals surface area contributed by atoms with Crippen molar-refractivity contribution in [1.82, 2.24) is 15.1 Å². The van der Waals surface area contributed by atoms with E-state index in [0.717, 1.165) is 31.1 Å². The summed E-state index contributed by atoms with van der Waals surface area (Å²) in [6, 6.07) is 2.85. The topological polar surface area (TPSA) is 29.9 Å². The summed E-state index contributed by atoms with van der Waals surface area (Å²) in [5, 5.41) is 8.41. The van der Waals surface area contributed by atoms with Gasteiger partial charge in [0.05, 0.1) is 5.69 Å². The minimum Gasteiger partial charge on any atom is -0.313 e. The lowest BCUT2D eigenvalue weighted by molar-refractivity contribution is 0.304. The van der Waals surface area contributed by atoms with Crippen LogP contribution in [0, 0.1) is 12.8 Å². The van der Waals surface area contributed by atoms with Gasteiger partial charge in [-0.1, -0.05) is 33.6 Å². The maximum Gasteiger partial charge on any atom is 0.0596 e. The molecule has 0 aliphatic carbocycles. The molecule has 0 bridgehead atoms. The largest absolute Gasteiger partial charge is 0.313 e. The minimum atomic E-state index is 0.589. The summed E-state index contributed by atoms with van der Waals surface area (Å²) in [5.41, 5.74) is 2.53. The van der Waals surface area contributed by atoms with Crippen LogP contribution in [-0.4, -0.2) is 22.4 Å². The van der Waals surface area contributed by atoms with Crippen LogP contribution >= 0.6 is 0 Å². The first-order valence-electron chi connectivity index (χ1n) is 8.92. The lowest BCUT2D eigenvalue weighted by Gasteiger charge is -2.28. The van der Waals surface area contributed by atoms with Crippen LogP contribution in [0.5, 0.6) is 0 Å². The van der Waals surface area contributed by atoms with Crippen LogP contribution < -0.4 is 5.32 Å². The first-order valence-corrected chi connectivity index (χ1v) is 8.92. The van der Waals surface area contributed by atoms with E-state index in [4.69, 9.17) is 0 Å². The van der Waals surface area contributed by atoms with Crippen molar-refractivity contribution in [2.24, 2.45) is 5.92 Å². The SMILES string of the molecule is CCCNC(Cc1cc(C)nn1CC)C(CCC)CCC. The quantitative estimate of drug-likeness (QED) is 0.658. The highest BCUT2D eigenvalue weighted by molar-refractivity contribution is 5.11. The molecule has 1 N–H and O–H groups in total. The zero-order valence-electron chi connectivity index (χ0n) is 14.8. The van der Waals surface area contributed by atoms with E-state index in [1.807, 2.05) is 0 Å². The summed E-state index contributed by atoms with van der Waals surface area (Å²) in [7, 11) is 0. The molecule has 0 fully saturated rings. The van der Waals surface area contributed by atoms with Crippen LogP contribution in [0.25, 0.3) is 0 Å². The first-order chi connectivity index (χ1) is 10.2. The molecule has 3 nitrogen and oxygen atoms in total. The third kappa shape index (κ3) is 5.82. The van der Waals surface area contributed by atoms with Gasteiger partial charge in [-0.05, 0) is 51.6 Å². The van der Waals surface area contributed by atoms with Gasteiger partial charge in [0, 0.05) is 24.7 Å². The maximum absolute atomic E-state index is 4.60. The van der Waals surface area contributed by atoms with E-state index < -0.39 is 0 Å². The third-order valence-corrected chi connectivity index (χ3v) is 4.26. The standard InChI is InChI=1S/C18H35N3/c1-6-10-16(11-7-2)18(19-12-8-3)14-17-13-15(5)20-21(17)9-4/h13,16,18-19H,6-12,14H2,1-5H3. The molecule has 1 atom stereocenters. The van der Waals surface area contributed by atoms with Crippen molar-refractivity contribution in [2.75, 3.05) is 6.54 Å². The van der Waals surface area contributed by atoms with Gasteiger partial charge in [-0.3, -0.25) is 4.68 Å². The normalized spacial score (nSPS) is 13.0. The number of aryl methyl sites for hydroxylation is 2. The molecular formula is C18H35N3. The molecule has 0 aliphatic rings. The van der Waals surface area contributed by atoms with E-state index in [9.17, 15) is 0 Å². The highest BCUT2D eigenvalue weighted by Gasteiger charge is 2.21. The molecule has 1 aromatic heterocycles. The summed E-state index contributed by atoms with van der Waals surface area (Å²) in [5.74, 6) is 0.784. The summed E-state index contributed by atoms with van der Waals surface area (Å²) in [6.45, 7) is 13.2. The summed E-state index contributed by atoms with van der Waals surface area (Å²) < 4.78 is 2.17. The van der Waals surface area contributed by atoms with Gasteiger partial charge in [0.25, 0.3) is 0 Å². The molecule has 1 unspecified atom stereocenters. The van der Waals surface area contributed by atoms with Gasteiger partial charge in [-0.2, -0.15) is 5.10 Å². The summed E-state index contributed by atoms with van der Waals surface area (Å²) >= 11 is 0. The van der Waals surface area contributed by atoms with E-state index in [0.29, 0.717) is 6.04 Å². The van der Waals surface area contributed by atoms with Crippen LogP contribution in [0.3, 0.4) is 0 Å². The Morgan fingerprint density at radius 2 is 1.76 bits per heavy atom. The van der Waals surface area contributed by atoms with E-state index in [1.165, 1.54) is 37.8 Å². The zero-order valence-corrected chi connectivity index (χ0v) is 14.8. The van der Waals surface area contributed by atoms with Crippen molar-refractivity contribution in [1.29, 1.82) is 0 Å². The predicted octanol–water partition coefficient (Wildman–Crippen LogP) is 4.34. The molecule has 1 heterocycles. The van der Waals surface area contributed by atoms with Crippen molar-refractivity contribution in [2.45, 2.75) is 85.7 Å². The van der Waals surface area contributed by atoms with Gasteiger partial charge in [-0.25, -0.2) is 0 Å². The van der Waals surface area contributed by atoms with E-state index in [1.54, 1.807) is 0 Å². The van der Waals surface area contributed by atoms with Crippen molar-refractivity contribution < 1.29 is 0 Å². The van der Waals surface area contributed by atoms with Gasteiger partial charge in [0.15, 0.2) is 0 Å². The molecule has 0 aromatic carbocycles. The van der Waals surface area contributed by atoms with Gasteiger partial charge >= 0.3 is 0 Å². The Kier molecular flexibility index (Phi) is 8.67. The Labute approximate surface area is 131 Å². The Hall–Kier alpha value is -0.830. The van der Waals surface area contributed by atoms with Crippen molar-refractivity contribution in [3.8, 4) is 0 Å². The monoisotopic (exact) mass is 293 g/mol. The molecular weight excluding hydrogens is 258 g/mol. The number of rotatable bonds is 11. The predicted molar refractivity (Wildman–Crippen MR) is 91.7 cm³/mol. The van der Waals surface area contributed by atoms with Crippen molar-refractivity contribution in [3.63, 3.8) is 0 Å². The molecule has 0 amide bonds. The zero-order chi connectivity index (χ0) is 15.7. The molecule has 0 saturated carbocycles. The Morgan fingerprint density at radius 1 is 1.10 bits per heavy atom. The number of hydrogen-bond acceptors (Lipinski definition) is 2. The first kappa shape index (κ1) is 18.2. The van der Waals surface area contributed by atoms with Gasteiger partial charge < -0.3 is 5.32 Å². The van der Waals surface area contributed by atoms with Crippen LogP contribution in [0.4, 0.5) is 0 Å². The highest BCUT2D eigenvalue weighted by atomic mass is 15.3. The van der Waals surface area contributed by atoms with Crippen LogP contribution in [0.1, 0.15) is 71.2 Å². The highest BCUT2D eigenvalue weighted by Crippen LogP contribution is 2.21. The molecule has 21 heavy (non-hydrogen) atoms. The minimum absolute atomic E-state index is 0.589. The van der Waals surface area contributed by atoms with Gasteiger partial charge in [0.2, 0.25) is 0 Å². The molecule has 0 saturated heterocycles. The van der Waals surface area contributed by atoms with Crippen LogP contribution in [0.15, 0.2) is 6.07 Å². The van der Waals surface area contributed by atoms with Crippen LogP contribution in [-0.2, 0) is 13.0 Å². The number of nitrogens with zero attached hydrogens (tertiary/aromatic N) is 2. The van der Waals surface area contributed by atoms with E-state index in [-0.39, 0.29) is 0 Å². The van der Waals surface area contributed by atoms with E-state index in [2.05, 4.69) is 55.8 Å². The molecule has 0 radical (unpaired) electrons. The average molecular weight is 293 g/mol. The number of aromatic nitrogens is 2. The molecule has 0 spiro atoms. The number of nitrogens with one attached hydrogen (secondary N) is 1. The lowest BCUT2D eigenvalue weighted by Crippen LogP contribution is -2.39. The number of hydrogen-bond donors (Lipinski definition) is 1. The summed E-state index contributed by atoms with van der Waals surface area (Å²) in [4.78, 5) is 0. The van der Waals surface area contributed by atoms with Crippen molar-refractivity contribution in [3.05, 3.63) is 17.5 Å². The van der Waals surface area contributed by atoms with E-state index >= 15 is 0 Å². The molecule has 0 aliphatic heterocycles. The van der Waals surface area contributed by atoms with Crippen LogP contribution in [0.2, 0.25) is 0 Å². The Balaban J connectivity index is 2.84. The molecule has 122 valence electrons. The maximum atomic E-state index is 4.60. The fraction of sp³-hybridized carbons (Fsp3) is 0.833. The second-order valence-electron chi connectivity index (χ2n) is 6.19. The average Bonchev–Trinajstić information content (AvgIpc) is 2.83. The van der Waals surface area contributed by atoms with Crippen molar-refractivity contribution >= 4 is 0 Å². The Morgan fingerprint density at radius 3 is 2.29 bits per heavy atom. The third-order valence-electron chi connectivity index (χ3n) is 4.26. The fourth-order valence-electron chi connectivity index (χ4n) is 3.29. The second-order valence-corrected chi connectivity index (χ2v) is 6.19. The molecule has 1 rings (SSSR count). The van der Waals surface area contributed by atoms with Gasteiger partial charge in [-0.15, -0.1) is 0 Å². The summed E-state index contributed by atoms with van der Waals surface area (Å²) in [6.07, 6.45) is 7.53. The molecule has 1 aromatic rings.